The maximum Gasteiger partial charge on any atom is 0.227 e. The molecule has 0 aliphatic carbocycles. The van der Waals surface area contributed by atoms with Crippen molar-refractivity contribution in [2.75, 3.05) is 18.6 Å². The van der Waals surface area contributed by atoms with E-state index in [2.05, 4.69) is 29.7 Å². The van der Waals surface area contributed by atoms with Crippen LogP contribution in [0, 0.1) is 0 Å². The summed E-state index contributed by atoms with van der Waals surface area (Å²) in [6.07, 6.45) is 4.03. The van der Waals surface area contributed by atoms with Gasteiger partial charge in [-0.15, -0.1) is 0 Å². The average molecular weight is 377 g/mol. The standard InChI is InChI=1S/C23H27N3O2/c1-3-4-7-14-25-21-9-6-5-8-20(21)24-23(25)17-15-22(27)26(16-17)18-10-12-19(28-2)13-11-18/h5-6,8-13,17H,3-4,7,14-16H2,1-2H3/t17-/m1/s1. The summed E-state index contributed by atoms with van der Waals surface area (Å²) in [6.45, 7) is 3.84. The lowest BCUT2D eigenvalue weighted by Gasteiger charge is -2.18. The topological polar surface area (TPSA) is 47.4 Å². The maximum atomic E-state index is 12.8. The molecule has 4 rings (SSSR count). The molecule has 28 heavy (non-hydrogen) atoms. The number of fused-ring (bicyclic) bond motifs is 1. The van der Waals surface area contributed by atoms with Crippen molar-refractivity contribution in [2.24, 2.45) is 0 Å². The zero-order valence-electron chi connectivity index (χ0n) is 16.6. The fraction of sp³-hybridized carbons (Fsp3) is 0.391. The Morgan fingerprint density at radius 2 is 1.89 bits per heavy atom. The van der Waals surface area contributed by atoms with Gasteiger partial charge >= 0.3 is 0 Å². The molecule has 0 unspecified atom stereocenters. The van der Waals surface area contributed by atoms with Crippen LogP contribution in [0.1, 0.15) is 44.3 Å². The number of benzene rings is 2. The van der Waals surface area contributed by atoms with E-state index in [9.17, 15) is 4.79 Å². The van der Waals surface area contributed by atoms with Crippen molar-refractivity contribution < 1.29 is 9.53 Å². The number of hydrogen-bond donors (Lipinski definition) is 0. The predicted molar refractivity (Wildman–Crippen MR) is 112 cm³/mol. The quantitative estimate of drug-likeness (QED) is 0.558. The molecule has 5 heteroatoms. The fourth-order valence-corrected chi connectivity index (χ4v) is 4.05. The lowest BCUT2D eigenvalue weighted by atomic mass is 10.1. The number of aromatic nitrogens is 2. The van der Waals surface area contributed by atoms with Crippen LogP contribution < -0.4 is 9.64 Å². The van der Waals surface area contributed by atoms with E-state index in [0.29, 0.717) is 13.0 Å². The number of methoxy groups -OCH3 is 1. The van der Waals surface area contributed by atoms with Crippen LogP contribution >= 0.6 is 0 Å². The average Bonchev–Trinajstić information content (AvgIpc) is 3.29. The number of hydrogen-bond acceptors (Lipinski definition) is 3. The number of rotatable bonds is 7. The molecule has 1 aromatic heterocycles. The molecule has 0 saturated carbocycles. The lowest BCUT2D eigenvalue weighted by Crippen LogP contribution is -2.24. The van der Waals surface area contributed by atoms with Crippen LogP contribution in [-0.4, -0.2) is 29.1 Å². The van der Waals surface area contributed by atoms with E-state index >= 15 is 0 Å². The molecule has 0 spiro atoms. The van der Waals surface area contributed by atoms with E-state index in [1.807, 2.05) is 35.2 Å². The maximum absolute atomic E-state index is 12.8. The minimum atomic E-state index is 0.114. The summed E-state index contributed by atoms with van der Waals surface area (Å²) in [6, 6.07) is 16.0. The first kappa shape index (κ1) is 18.5. The summed E-state index contributed by atoms with van der Waals surface area (Å²) in [5, 5.41) is 0. The van der Waals surface area contributed by atoms with Gasteiger partial charge < -0.3 is 14.2 Å². The SMILES string of the molecule is CCCCCn1c([C@@H]2CC(=O)N(c3ccc(OC)cc3)C2)nc2ccccc21. The van der Waals surface area contributed by atoms with Crippen molar-refractivity contribution in [3.05, 3.63) is 54.4 Å². The van der Waals surface area contributed by atoms with E-state index in [0.717, 1.165) is 35.7 Å². The molecule has 5 nitrogen and oxygen atoms in total. The molecule has 1 aliphatic rings. The van der Waals surface area contributed by atoms with Crippen molar-refractivity contribution in [1.29, 1.82) is 0 Å². The third-order valence-corrected chi connectivity index (χ3v) is 5.54. The monoisotopic (exact) mass is 377 g/mol. The molecular weight excluding hydrogens is 350 g/mol. The number of aryl methyl sites for hydroxylation is 1. The summed E-state index contributed by atoms with van der Waals surface area (Å²) in [4.78, 5) is 19.6. The van der Waals surface area contributed by atoms with Gasteiger partial charge in [0.25, 0.3) is 0 Å². The minimum Gasteiger partial charge on any atom is -0.497 e. The molecule has 3 aromatic rings. The molecule has 0 radical (unpaired) electrons. The Morgan fingerprint density at radius 1 is 1.11 bits per heavy atom. The molecule has 1 atom stereocenters. The molecule has 1 amide bonds. The Morgan fingerprint density at radius 3 is 2.64 bits per heavy atom. The van der Waals surface area contributed by atoms with E-state index in [1.165, 1.54) is 18.4 Å². The molecule has 1 saturated heterocycles. The van der Waals surface area contributed by atoms with Gasteiger partial charge in [0.15, 0.2) is 0 Å². The number of imidazole rings is 1. The molecule has 1 aliphatic heterocycles. The highest BCUT2D eigenvalue weighted by molar-refractivity contribution is 5.96. The largest absolute Gasteiger partial charge is 0.497 e. The number of unbranched alkanes of at least 4 members (excludes halogenated alkanes) is 2. The summed E-state index contributed by atoms with van der Waals surface area (Å²) in [5.74, 6) is 2.11. The van der Waals surface area contributed by atoms with E-state index in [4.69, 9.17) is 9.72 Å². The van der Waals surface area contributed by atoms with Crippen LogP contribution in [0.4, 0.5) is 5.69 Å². The van der Waals surface area contributed by atoms with E-state index in [-0.39, 0.29) is 11.8 Å². The zero-order chi connectivity index (χ0) is 19.5. The highest BCUT2D eigenvalue weighted by atomic mass is 16.5. The van der Waals surface area contributed by atoms with Gasteiger partial charge in [0, 0.05) is 31.1 Å². The first-order chi connectivity index (χ1) is 13.7. The van der Waals surface area contributed by atoms with Gasteiger partial charge in [-0.3, -0.25) is 4.79 Å². The molecule has 0 bridgehead atoms. The highest BCUT2D eigenvalue weighted by Gasteiger charge is 2.34. The van der Waals surface area contributed by atoms with Gasteiger partial charge in [-0.05, 0) is 42.8 Å². The van der Waals surface area contributed by atoms with Gasteiger partial charge in [-0.1, -0.05) is 31.9 Å². The normalized spacial score (nSPS) is 16.9. The number of anilines is 1. The highest BCUT2D eigenvalue weighted by Crippen LogP contribution is 2.34. The second-order valence-corrected chi connectivity index (χ2v) is 7.42. The molecule has 0 N–H and O–H groups in total. The van der Waals surface area contributed by atoms with Crippen LogP contribution in [0.25, 0.3) is 11.0 Å². The van der Waals surface area contributed by atoms with Crippen LogP contribution in [0.3, 0.4) is 0 Å². The lowest BCUT2D eigenvalue weighted by molar-refractivity contribution is -0.117. The first-order valence-electron chi connectivity index (χ1n) is 10.1. The van der Waals surface area contributed by atoms with Crippen molar-refractivity contribution in [1.82, 2.24) is 9.55 Å². The predicted octanol–water partition coefficient (Wildman–Crippen LogP) is 4.76. The van der Waals surface area contributed by atoms with Gasteiger partial charge in [0.2, 0.25) is 5.91 Å². The number of amides is 1. The number of ether oxygens (including phenoxy) is 1. The summed E-state index contributed by atoms with van der Waals surface area (Å²) >= 11 is 0. The molecule has 2 aromatic carbocycles. The van der Waals surface area contributed by atoms with Gasteiger partial charge in [0.1, 0.15) is 11.6 Å². The number of para-hydroxylation sites is 2. The smallest absolute Gasteiger partial charge is 0.227 e. The van der Waals surface area contributed by atoms with E-state index in [1.54, 1.807) is 7.11 Å². The van der Waals surface area contributed by atoms with Crippen molar-refractivity contribution in [3.8, 4) is 5.75 Å². The Kier molecular flexibility index (Phi) is 5.33. The first-order valence-corrected chi connectivity index (χ1v) is 10.1. The van der Waals surface area contributed by atoms with Crippen LogP contribution in [0.15, 0.2) is 48.5 Å². The second kappa shape index (κ2) is 8.05. The van der Waals surface area contributed by atoms with E-state index < -0.39 is 0 Å². The summed E-state index contributed by atoms with van der Waals surface area (Å²) in [7, 11) is 1.65. The minimum absolute atomic E-state index is 0.114. The van der Waals surface area contributed by atoms with Crippen molar-refractivity contribution in [2.45, 2.75) is 45.1 Å². The number of carbonyl (C=O) groups excluding carboxylic acids is 1. The van der Waals surface area contributed by atoms with Gasteiger partial charge in [-0.2, -0.15) is 0 Å². The summed E-state index contributed by atoms with van der Waals surface area (Å²) in [5.41, 5.74) is 3.11. The summed E-state index contributed by atoms with van der Waals surface area (Å²) < 4.78 is 7.56. The molecule has 146 valence electrons. The molecular formula is C23H27N3O2. The third kappa shape index (κ3) is 3.49. The third-order valence-electron chi connectivity index (χ3n) is 5.54. The Balaban J connectivity index is 1.62. The van der Waals surface area contributed by atoms with Crippen LogP contribution in [0.2, 0.25) is 0 Å². The van der Waals surface area contributed by atoms with Crippen molar-refractivity contribution >= 4 is 22.6 Å². The molecule has 2 heterocycles. The van der Waals surface area contributed by atoms with Gasteiger partial charge in [0.05, 0.1) is 18.1 Å². The molecule has 1 fully saturated rings. The van der Waals surface area contributed by atoms with Crippen LogP contribution in [0.5, 0.6) is 5.75 Å². The number of nitrogens with zero attached hydrogens (tertiary/aromatic N) is 3. The van der Waals surface area contributed by atoms with Crippen molar-refractivity contribution in [3.63, 3.8) is 0 Å². The second-order valence-electron chi connectivity index (χ2n) is 7.42. The van der Waals surface area contributed by atoms with Crippen LogP contribution in [-0.2, 0) is 11.3 Å². The Bertz CT molecular complexity index is 962. The zero-order valence-corrected chi connectivity index (χ0v) is 16.6. The Hall–Kier alpha value is -2.82. The fourth-order valence-electron chi connectivity index (χ4n) is 4.05. The van der Waals surface area contributed by atoms with Gasteiger partial charge in [-0.25, -0.2) is 4.98 Å². The number of carbonyl (C=O) groups is 1. The Labute approximate surface area is 165 Å².